The van der Waals surface area contributed by atoms with Crippen molar-refractivity contribution in [1.29, 1.82) is 0 Å². The highest BCUT2D eigenvalue weighted by molar-refractivity contribution is 7.22. The molecule has 1 aliphatic heterocycles. The van der Waals surface area contributed by atoms with Crippen molar-refractivity contribution in [3.8, 4) is 5.75 Å². The molecule has 1 amide bonds. The summed E-state index contributed by atoms with van der Waals surface area (Å²) in [5.74, 6) is 0.260. The van der Waals surface area contributed by atoms with E-state index in [1.807, 2.05) is 18.2 Å². The molecule has 0 N–H and O–H groups in total. The van der Waals surface area contributed by atoms with Crippen molar-refractivity contribution in [3.05, 3.63) is 63.5 Å². The summed E-state index contributed by atoms with van der Waals surface area (Å²) >= 11 is 7.77. The first-order chi connectivity index (χ1) is 15.0. The Morgan fingerprint density at radius 2 is 1.94 bits per heavy atom. The molecular weight excluding hydrogens is 438 g/mol. The minimum Gasteiger partial charge on any atom is -0.493 e. The predicted molar refractivity (Wildman–Crippen MR) is 122 cm³/mol. The molecule has 1 saturated heterocycles. The molecule has 2 aromatic carbocycles. The van der Waals surface area contributed by atoms with Gasteiger partial charge in [0.05, 0.1) is 16.8 Å². The van der Waals surface area contributed by atoms with Crippen molar-refractivity contribution in [1.82, 2.24) is 9.88 Å². The number of fused-ring (bicyclic) bond motifs is 2. The van der Waals surface area contributed by atoms with Gasteiger partial charge in [-0.2, -0.15) is 0 Å². The fourth-order valence-electron chi connectivity index (χ4n) is 3.75. The fourth-order valence-corrected chi connectivity index (χ4v) is 4.99. The highest BCUT2D eigenvalue weighted by Crippen LogP contribution is 2.38. The molecule has 5 rings (SSSR count). The van der Waals surface area contributed by atoms with E-state index >= 15 is 0 Å². The van der Waals surface area contributed by atoms with E-state index in [-0.39, 0.29) is 11.5 Å². The summed E-state index contributed by atoms with van der Waals surface area (Å²) in [5.41, 5.74) is 0.662. The van der Waals surface area contributed by atoms with Gasteiger partial charge in [0.15, 0.2) is 10.9 Å². The Labute approximate surface area is 186 Å². The van der Waals surface area contributed by atoms with Crippen LogP contribution >= 0.6 is 22.9 Å². The van der Waals surface area contributed by atoms with Crippen LogP contribution < -0.4 is 15.3 Å². The van der Waals surface area contributed by atoms with E-state index in [9.17, 15) is 9.59 Å². The third-order valence-electron chi connectivity index (χ3n) is 5.37. The van der Waals surface area contributed by atoms with Crippen molar-refractivity contribution in [2.24, 2.45) is 0 Å². The fraction of sp³-hybridized carbons (Fsp3) is 0.227. The zero-order chi connectivity index (χ0) is 21.5. The lowest BCUT2D eigenvalue weighted by Crippen LogP contribution is -2.49. The van der Waals surface area contributed by atoms with Crippen molar-refractivity contribution in [2.45, 2.75) is 0 Å². The second-order valence-electron chi connectivity index (χ2n) is 7.19. The number of thiazole rings is 1. The Balaban J connectivity index is 1.35. The van der Waals surface area contributed by atoms with E-state index in [2.05, 4.69) is 4.90 Å². The molecule has 0 unspecified atom stereocenters. The zero-order valence-corrected chi connectivity index (χ0v) is 18.2. The normalized spacial score (nSPS) is 14.4. The Morgan fingerprint density at radius 1 is 1.16 bits per heavy atom. The molecule has 9 heteroatoms. The zero-order valence-electron chi connectivity index (χ0n) is 16.6. The molecule has 1 fully saturated rings. The molecular formula is C22H18ClN3O4S. The number of hydrogen-bond donors (Lipinski definition) is 0. The molecule has 1 aliphatic rings. The maximum absolute atomic E-state index is 13.0. The van der Waals surface area contributed by atoms with Gasteiger partial charge in [-0.25, -0.2) is 9.78 Å². The first-order valence-corrected chi connectivity index (χ1v) is 10.9. The number of piperazine rings is 1. The average molecular weight is 456 g/mol. The van der Waals surface area contributed by atoms with Gasteiger partial charge in [-0.15, -0.1) is 0 Å². The highest BCUT2D eigenvalue weighted by Gasteiger charge is 2.26. The molecule has 3 heterocycles. The Kier molecular flexibility index (Phi) is 5.03. The monoisotopic (exact) mass is 455 g/mol. The van der Waals surface area contributed by atoms with Crippen LogP contribution in [0.1, 0.15) is 10.4 Å². The number of benzene rings is 2. The van der Waals surface area contributed by atoms with Crippen molar-refractivity contribution < 1.29 is 13.9 Å². The van der Waals surface area contributed by atoms with Gasteiger partial charge in [0, 0.05) is 31.6 Å². The summed E-state index contributed by atoms with van der Waals surface area (Å²) < 4.78 is 11.7. The van der Waals surface area contributed by atoms with Gasteiger partial charge in [-0.3, -0.25) is 4.79 Å². The van der Waals surface area contributed by atoms with Crippen LogP contribution in [0.15, 0.2) is 51.7 Å². The Bertz CT molecular complexity index is 1360. The Morgan fingerprint density at radius 3 is 2.71 bits per heavy atom. The van der Waals surface area contributed by atoms with Crippen LogP contribution in [0, 0.1) is 0 Å². The van der Waals surface area contributed by atoms with Gasteiger partial charge in [-0.1, -0.05) is 41.1 Å². The van der Waals surface area contributed by atoms with Gasteiger partial charge < -0.3 is 19.0 Å². The van der Waals surface area contributed by atoms with Gasteiger partial charge >= 0.3 is 5.63 Å². The van der Waals surface area contributed by atoms with Crippen LogP contribution in [-0.4, -0.2) is 49.1 Å². The number of para-hydroxylation sites is 1. The molecule has 0 aliphatic carbocycles. The molecule has 0 spiro atoms. The second-order valence-corrected chi connectivity index (χ2v) is 8.60. The lowest BCUT2D eigenvalue weighted by molar-refractivity contribution is 0.0742. The van der Waals surface area contributed by atoms with Crippen LogP contribution in [0.5, 0.6) is 5.75 Å². The van der Waals surface area contributed by atoms with Gasteiger partial charge in [0.1, 0.15) is 16.7 Å². The van der Waals surface area contributed by atoms with Crippen molar-refractivity contribution in [2.75, 3.05) is 38.2 Å². The number of nitrogens with zero attached hydrogens (tertiary/aromatic N) is 3. The van der Waals surface area contributed by atoms with E-state index in [0.29, 0.717) is 42.5 Å². The molecule has 7 nitrogen and oxygen atoms in total. The number of halogens is 1. The summed E-state index contributed by atoms with van der Waals surface area (Å²) in [6.45, 7) is 2.19. The van der Waals surface area contributed by atoms with Crippen molar-refractivity contribution in [3.63, 3.8) is 0 Å². The standard InChI is InChI=1S/C22H18ClN3O4S/c1-29-19-15(23)6-7-17-18(19)24-22(31-17)26-10-8-25(9-11-26)20(27)14-12-13-4-2-3-5-16(13)30-21(14)28/h2-7,12H,8-11H2,1H3. The number of anilines is 1. The SMILES string of the molecule is COc1c(Cl)ccc2sc(N3CCN(C(=O)c4cc5ccccc5oc4=O)CC3)nc12. The largest absolute Gasteiger partial charge is 0.493 e. The van der Waals surface area contributed by atoms with E-state index < -0.39 is 5.63 Å². The molecule has 31 heavy (non-hydrogen) atoms. The summed E-state index contributed by atoms with van der Waals surface area (Å²) in [6.07, 6.45) is 0. The smallest absolute Gasteiger partial charge is 0.349 e. The molecule has 0 radical (unpaired) electrons. The number of rotatable bonds is 3. The predicted octanol–water partition coefficient (Wildman–Crippen LogP) is 4.03. The summed E-state index contributed by atoms with van der Waals surface area (Å²) in [7, 11) is 1.58. The summed E-state index contributed by atoms with van der Waals surface area (Å²) in [4.78, 5) is 33.8. The van der Waals surface area contributed by atoms with Gasteiger partial charge in [-0.05, 0) is 24.3 Å². The van der Waals surface area contributed by atoms with Crippen LogP contribution in [-0.2, 0) is 0 Å². The topological polar surface area (TPSA) is 75.9 Å². The highest BCUT2D eigenvalue weighted by atomic mass is 35.5. The van der Waals surface area contributed by atoms with Crippen LogP contribution in [0.2, 0.25) is 5.02 Å². The third kappa shape index (κ3) is 3.51. The maximum atomic E-state index is 13.0. The Hall–Kier alpha value is -3.10. The minimum atomic E-state index is -0.610. The lowest BCUT2D eigenvalue weighted by atomic mass is 10.1. The molecule has 4 aromatic rings. The van der Waals surface area contributed by atoms with Crippen LogP contribution in [0.4, 0.5) is 5.13 Å². The van der Waals surface area contributed by atoms with Crippen molar-refractivity contribution >= 4 is 55.2 Å². The van der Waals surface area contributed by atoms with E-state index in [1.54, 1.807) is 47.6 Å². The quantitative estimate of drug-likeness (QED) is 0.434. The molecule has 2 aromatic heterocycles. The first-order valence-electron chi connectivity index (χ1n) is 9.75. The third-order valence-corrected chi connectivity index (χ3v) is 6.75. The number of carbonyl (C=O) groups is 1. The number of methoxy groups -OCH3 is 1. The summed E-state index contributed by atoms with van der Waals surface area (Å²) in [5, 5.41) is 2.11. The van der Waals surface area contributed by atoms with Crippen LogP contribution in [0.3, 0.4) is 0 Å². The summed E-state index contributed by atoms with van der Waals surface area (Å²) in [6, 6.07) is 12.5. The molecule has 0 saturated carbocycles. The van der Waals surface area contributed by atoms with Gasteiger partial charge in [0.25, 0.3) is 5.91 Å². The number of carbonyl (C=O) groups excluding carboxylic acids is 1. The van der Waals surface area contributed by atoms with E-state index in [4.69, 9.17) is 25.7 Å². The number of amides is 1. The van der Waals surface area contributed by atoms with E-state index in [0.717, 1.165) is 20.7 Å². The second kappa shape index (κ2) is 7.86. The average Bonchev–Trinajstić information content (AvgIpc) is 3.22. The van der Waals surface area contributed by atoms with Crippen LogP contribution in [0.25, 0.3) is 21.2 Å². The molecule has 0 atom stereocenters. The molecule has 0 bridgehead atoms. The van der Waals surface area contributed by atoms with Gasteiger partial charge in [0.2, 0.25) is 0 Å². The lowest BCUT2D eigenvalue weighted by Gasteiger charge is -2.34. The number of ether oxygens (including phenoxy) is 1. The number of hydrogen-bond acceptors (Lipinski definition) is 7. The number of aromatic nitrogens is 1. The maximum Gasteiger partial charge on any atom is 0.349 e. The molecule has 158 valence electrons. The van der Waals surface area contributed by atoms with E-state index in [1.165, 1.54) is 0 Å². The minimum absolute atomic E-state index is 0.0616. The first kappa shape index (κ1) is 19.8.